The minimum atomic E-state index is -0.561. The van der Waals surface area contributed by atoms with Gasteiger partial charge in [0.2, 0.25) is 0 Å². The average Bonchev–Trinajstić information content (AvgIpc) is 2.77. The van der Waals surface area contributed by atoms with Crippen LogP contribution in [0.1, 0.15) is 5.76 Å². The number of benzene rings is 1. The van der Waals surface area contributed by atoms with Gasteiger partial charge in [-0.2, -0.15) is 5.26 Å². The summed E-state index contributed by atoms with van der Waals surface area (Å²) in [6.07, 6.45) is 1.35. The van der Waals surface area contributed by atoms with E-state index in [4.69, 9.17) is 21.3 Å². The van der Waals surface area contributed by atoms with Gasteiger partial charge in [-0.25, -0.2) is 0 Å². The lowest BCUT2D eigenvalue weighted by molar-refractivity contribution is -0.112. The summed E-state index contributed by atoms with van der Waals surface area (Å²) in [7, 11) is 0. The second-order valence-corrected chi connectivity index (χ2v) is 5.86. The van der Waals surface area contributed by atoms with Gasteiger partial charge in [-0.3, -0.25) is 4.79 Å². The Labute approximate surface area is 142 Å². The van der Waals surface area contributed by atoms with Crippen molar-refractivity contribution in [2.24, 2.45) is 0 Å². The van der Waals surface area contributed by atoms with Crippen LogP contribution < -0.4 is 5.32 Å². The fourth-order valence-electron chi connectivity index (χ4n) is 1.48. The number of para-hydroxylation sites is 1. The number of halogens is 3. The summed E-state index contributed by atoms with van der Waals surface area (Å²) in [4.78, 5) is 12.1. The van der Waals surface area contributed by atoms with E-state index in [0.717, 1.165) is 0 Å². The molecule has 7 heteroatoms. The predicted octanol–water partition coefficient (Wildman–Crippen LogP) is 5.00. The molecule has 2 rings (SSSR count). The standard InChI is InChI=1S/C14H7Br2ClN2O2/c15-10-6-9(21-13(10)16)5-8(7-18)14(20)19-12-4-2-1-3-11(12)17/h1-6H,(H,19,20)/b8-5-. The third kappa shape index (κ3) is 3.97. The molecule has 0 saturated heterocycles. The van der Waals surface area contributed by atoms with Gasteiger partial charge in [-0.1, -0.05) is 23.7 Å². The number of amides is 1. The summed E-state index contributed by atoms with van der Waals surface area (Å²) in [6.45, 7) is 0. The van der Waals surface area contributed by atoms with Crippen LogP contribution in [-0.4, -0.2) is 5.91 Å². The molecule has 1 N–H and O–H groups in total. The summed E-state index contributed by atoms with van der Waals surface area (Å²) < 4.78 is 6.48. The van der Waals surface area contributed by atoms with E-state index in [2.05, 4.69) is 37.2 Å². The van der Waals surface area contributed by atoms with Crippen molar-refractivity contribution in [3.63, 3.8) is 0 Å². The van der Waals surface area contributed by atoms with E-state index in [1.807, 2.05) is 6.07 Å². The first kappa shape index (κ1) is 15.8. The number of nitriles is 1. The molecule has 0 atom stereocenters. The summed E-state index contributed by atoms with van der Waals surface area (Å²) in [5.74, 6) is -0.186. The molecule has 2 aromatic rings. The lowest BCUT2D eigenvalue weighted by Gasteiger charge is -2.05. The van der Waals surface area contributed by atoms with E-state index >= 15 is 0 Å². The zero-order valence-corrected chi connectivity index (χ0v) is 14.3. The largest absolute Gasteiger partial charge is 0.449 e. The van der Waals surface area contributed by atoms with Crippen LogP contribution in [0.15, 0.2) is 49.5 Å². The number of carbonyl (C=O) groups is 1. The fraction of sp³-hybridized carbons (Fsp3) is 0. The van der Waals surface area contributed by atoms with Crippen LogP contribution in [0.3, 0.4) is 0 Å². The second-order valence-electron chi connectivity index (χ2n) is 3.87. The van der Waals surface area contributed by atoms with Crippen molar-refractivity contribution in [2.75, 3.05) is 5.32 Å². The SMILES string of the molecule is N#C/C(=C/c1cc(Br)c(Br)o1)C(=O)Nc1ccccc1Cl. The molecule has 0 spiro atoms. The minimum absolute atomic E-state index is 0.0938. The molecule has 0 aliphatic carbocycles. The van der Waals surface area contributed by atoms with Gasteiger partial charge in [0.1, 0.15) is 17.4 Å². The molecule has 4 nitrogen and oxygen atoms in total. The summed E-state index contributed by atoms with van der Waals surface area (Å²) in [5, 5.41) is 12.1. The number of hydrogen-bond acceptors (Lipinski definition) is 3. The molecule has 1 amide bonds. The molecule has 1 aromatic heterocycles. The van der Waals surface area contributed by atoms with Crippen molar-refractivity contribution in [1.82, 2.24) is 0 Å². The molecule has 21 heavy (non-hydrogen) atoms. The topological polar surface area (TPSA) is 66.0 Å². The first-order valence-corrected chi connectivity index (χ1v) is 7.60. The van der Waals surface area contributed by atoms with Crippen molar-refractivity contribution in [2.45, 2.75) is 0 Å². The number of nitrogens with one attached hydrogen (secondary N) is 1. The molecule has 106 valence electrons. The van der Waals surface area contributed by atoms with Gasteiger partial charge in [-0.05, 0) is 50.1 Å². The Morgan fingerprint density at radius 2 is 2.10 bits per heavy atom. The van der Waals surface area contributed by atoms with Crippen LogP contribution in [0.2, 0.25) is 5.02 Å². The van der Waals surface area contributed by atoms with Gasteiger partial charge in [-0.15, -0.1) is 0 Å². The third-order valence-electron chi connectivity index (χ3n) is 2.44. The van der Waals surface area contributed by atoms with Crippen molar-refractivity contribution in [1.29, 1.82) is 5.26 Å². The number of anilines is 1. The van der Waals surface area contributed by atoms with Gasteiger partial charge in [0.15, 0.2) is 4.67 Å². The summed E-state index contributed by atoms with van der Waals surface area (Å²) >= 11 is 12.4. The minimum Gasteiger partial charge on any atom is -0.449 e. The molecular formula is C14H7Br2ClN2O2. The van der Waals surface area contributed by atoms with E-state index in [1.54, 1.807) is 30.3 Å². The maximum Gasteiger partial charge on any atom is 0.266 e. The molecule has 0 saturated carbocycles. The van der Waals surface area contributed by atoms with E-state index < -0.39 is 5.91 Å². The summed E-state index contributed by atoms with van der Waals surface area (Å²) in [6, 6.07) is 10.3. The second kappa shape index (κ2) is 6.94. The Kier molecular flexibility index (Phi) is 5.23. The van der Waals surface area contributed by atoms with Crippen molar-refractivity contribution >= 4 is 61.1 Å². The van der Waals surface area contributed by atoms with Crippen molar-refractivity contribution in [3.05, 3.63) is 55.8 Å². The first-order chi connectivity index (χ1) is 10.0. The Morgan fingerprint density at radius 3 is 2.67 bits per heavy atom. The molecular weight excluding hydrogens is 423 g/mol. The Hall–Kier alpha value is -1.55. The average molecular weight is 430 g/mol. The molecule has 0 aliphatic rings. The predicted molar refractivity (Wildman–Crippen MR) is 87.8 cm³/mol. The quantitative estimate of drug-likeness (QED) is 0.550. The van der Waals surface area contributed by atoms with E-state index in [9.17, 15) is 4.79 Å². The van der Waals surface area contributed by atoms with Gasteiger partial charge in [0.25, 0.3) is 5.91 Å². The first-order valence-electron chi connectivity index (χ1n) is 5.63. The highest BCUT2D eigenvalue weighted by Gasteiger charge is 2.13. The Morgan fingerprint density at radius 1 is 1.38 bits per heavy atom. The van der Waals surface area contributed by atoms with Crippen LogP contribution in [0.5, 0.6) is 0 Å². The highest BCUT2D eigenvalue weighted by molar-refractivity contribution is 9.13. The molecule has 0 radical (unpaired) electrons. The zero-order valence-electron chi connectivity index (χ0n) is 10.4. The van der Waals surface area contributed by atoms with Gasteiger partial charge >= 0.3 is 0 Å². The van der Waals surface area contributed by atoms with Crippen molar-refractivity contribution in [3.8, 4) is 6.07 Å². The smallest absolute Gasteiger partial charge is 0.266 e. The highest BCUT2D eigenvalue weighted by atomic mass is 79.9. The lowest BCUT2D eigenvalue weighted by Crippen LogP contribution is -2.13. The Balaban J connectivity index is 2.24. The van der Waals surface area contributed by atoms with Gasteiger partial charge < -0.3 is 9.73 Å². The molecule has 1 heterocycles. The van der Waals surface area contributed by atoms with Crippen LogP contribution in [-0.2, 0) is 4.79 Å². The van der Waals surface area contributed by atoms with E-state index in [1.165, 1.54) is 6.08 Å². The monoisotopic (exact) mass is 428 g/mol. The number of rotatable bonds is 3. The molecule has 0 fully saturated rings. The van der Waals surface area contributed by atoms with E-state index in [0.29, 0.717) is 25.6 Å². The van der Waals surface area contributed by atoms with Crippen LogP contribution >= 0.6 is 43.5 Å². The maximum atomic E-state index is 12.1. The van der Waals surface area contributed by atoms with Crippen molar-refractivity contribution < 1.29 is 9.21 Å². The third-order valence-corrected chi connectivity index (χ3v) is 4.48. The molecule has 1 aromatic carbocycles. The normalized spacial score (nSPS) is 11.0. The molecule has 0 unspecified atom stereocenters. The number of carbonyl (C=O) groups excluding carboxylic acids is 1. The van der Waals surface area contributed by atoms with Crippen LogP contribution in [0.25, 0.3) is 6.08 Å². The molecule has 0 bridgehead atoms. The van der Waals surface area contributed by atoms with Gasteiger partial charge in [0.05, 0.1) is 15.2 Å². The molecule has 0 aliphatic heterocycles. The summed E-state index contributed by atoms with van der Waals surface area (Å²) in [5.41, 5.74) is 0.343. The maximum absolute atomic E-state index is 12.1. The Bertz CT molecular complexity index is 743. The highest BCUT2D eigenvalue weighted by Crippen LogP contribution is 2.28. The fourth-order valence-corrected chi connectivity index (χ4v) is 2.27. The van der Waals surface area contributed by atoms with E-state index in [-0.39, 0.29) is 5.57 Å². The zero-order chi connectivity index (χ0) is 15.4. The van der Waals surface area contributed by atoms with Crippen LogP contribution in [0, 0.1) is 11.3 Å². The van der Waals surface area contributed by atoms with Crippen LogP contribution in [0.4, 0.5) is 5.69 Å². The lowest BCUT2D eigenvalue weighted by atomic mass is 10.2. The number of nitrogens with zero attached hydrogens (tertiary/aromatic N) is 1. The number of furan rings is 1. The number of hydrogen-bond donors (Lipinski definition) is 1. The van der Waals surface area contributed by atoms with Gasteiger partial charge in [0, 0.05) is 6.08 Å².